The van der Waals surface area contributed by atoms with Crippen LogP contribution in [0.3, 0.4) is 0 Å². The van der Waals surface area contributed by atoms with Gasteiger partial charge in [-0.05, 0) is 26.8 Å². The highest BCUT2D eigenvalue weighted by atomic mass is 127. The van der Waals surface area contributed by atoms with Crippen LogP contribution in [0.15, 0.2) is 17.3 Å². The molecule has 0 aromatic carbocycles. The van der Waals surface area contributed by atoms with Crippen molar-refractivity contribution in [3.63, 3.8) is 0 Å². The predicted octanol–water partition coefficient (Wildman–Crippen LogP) is 2.36. The molecule has 0 aliphatic heterocycles. The van der Waals surface area contributed by atoms with Crippen molar-refractivity contribution in [2.24, 2.45) is 4.99 Å². The highest BCUT2D eigenvalue weighted by molar-refractivity contribution is 14.0. The topological polar surface area (TPSA) is 78.0 Å². The monoisotopic (exact) mass is 420 g/mol. The van der Waals surface area contributed by atoms with Crippen molar-refractivity contribution >= 4 is 41.3 Å². The van der Waals surface area contributed by atoms with Crippen molar-refractivity contribution in [1.29, 1.82) is 0 Å². The smallest absolute Gasteiger partial charge is 0.191 e. The first-order valence-electron chi connectivity index (χ1n) is 6.62. The van der Waals surface area contributed by atoms with Gasteiger partial charge in [0.05, 0.1) is 29.5 Å². The molecule has 0 fully saturated rings. The Balaban J connectivity index is 0.00000220. The molecular formula is C13H21IN6S. The summed E-state index contributed by atoms with van der Waals surface area (Å²) >= 11 is 1.72. The second-order valence-corrected chi connectivity index (χ2v) is 5.66. The summed E-state index contributed by atoms with van der Waals surface area (Å²) in [4.78, 5) is 10.2. The van der Waals surface area contributed by atoms with Crippen LogP contribution in [-0.4, -0.2) is 27.7 Å². The van der Waals surface area contributed by atoms with E-state index < -0.39 is 0 Å². The number of rotatable bonds is 5. The van der Waals surface area contributed by atoms with Gasteiger partial charge in [-0.3, -0.25) is 5.10 Å². The Morgan fingerprint density at radius 3 is 2.76 bits per heavy atom. The van der Waals surface area contributed by atoms with Gasteiger partial charge in [-0.25, -0.2) is 9.98 Å². The van der Waals surface area contributed by atoms with Gasteiger partial charge in [-0.15, -0.1) is 35.3 Å². The zero-order valence-corrected chi connectivity index (χ0v) is 15.6. The van der Waals surface area contributed by atoms with E-state index in [1.165, 1.54) is 4.88 Å². The summed E-state index contributed by atoms with van der Waals surface area (Å²) in [6, 6.07) is 1.92. The largest absolute Gasteiger partial charge is 0.357 e. The number of H-pyrrole nitrogens is 1. The van der Waals surface area contributed by atoms with E-state index in [-0.39, 0.29) is 24.0 Å². The standard InChI is InChI=1S/C13H20N6S.HI/c1-4-14-13(15-7-11-5-6-17-19-11)16-8-12-9(2)18-10(3)20-12;/h5-6H,4,7-8H2,1-3H3,(H,17,19)(H2,14,15,16);1H. The third-order valence-electron chi connectivity index (χ3n) is 2.73. The summed E-state index contributed by atoms with van der Waals surface area (Å²) < 4.78 is 0. The van der Waals surface area contributed by atoms with Crippen LogP contribution in [0.25, 0.3) is 0 Å². The summed E-state index contributed by atoms with van der Waals surface area (Å²) in [6.45, 7) is 8.26. The van der Waals surface area contributed by atoms with Gasteiger partial charge in [-0.2, -0.15) is 5.10 Å². The van der Waals surface area contributed by atoms with Gasteiger partial charge >= 0.3 is 0 Å². The van der Waals surface area contributed by atoms with Gasteiger partial charge in [0.2, 0.25) is 0 Å². The van der Waals surface area contributed by atoms with Gasteiger partial charge in [0.25, 0.3) is 0 Å². The molecule has 0 aliphatic carbocycles. The molecule has 2 heterocycles. The number of guanidine groups is 1. The average molecular weight is 420 g/mol. The molecule has 0 saturated carbocycles. The molecule has 0 atom stereocenters. The minimum atomic E-state index is 0. The van der Waals surface area contributed by atoms with Crippen molar-refractivity contribution in [2.45, 2.75) is 33.9 Å². The molecule has 8 heteroatoms. The van der Waals surface area contributed by atoms with E-state index in [1.54, 1.807) is 17.5 Å². The van der Waals surface area contributed by atoms with Crippen molar-refractivity contribution < 1.29 is 0 Å². The molecule has 2 aromatic heterocycles. The van der Waals surface area contributed by atoms with Gasteiger partial charge in [0.15, 0.2) is 5.96 Å². The quantitative estimate of drug-likeness (QED) is 0.394. The Labute approximate surface area is 145 Å². The minimum absolute atomic E-state index is 0. The predicted molar refractivity (Wildman–Crippen MR) is 97.2 cm³/mol. The maximum absolute atomic E-state index is 4.51. The van der Waals surface area contributed by atoms with Gasteiger partial charge < -0.3 is 10.6 Å². The molecule has 3 N–H and O–H groups in total. The number of nitrogens with one attached hydrogen (secondary N) is 3. The number of aromatic amines is 1. The van der Waals surface area contributed by atoms with E-state index in [4.69, 9.17) is 0 Å². The van der Waals surface area contributed by atoms with Crippen molar-refractivity contribution in [2.75, 3.05) is 6.54 Å². The number of hydrogen-bond donors (Lipinski definition) is 3. The van der Waals surface area contributed by atoms with E-state index in [0.717, 1.165) is 35.4 Å². The zero-order chi connectivity index (χ0) is 14.4. The van der Waals surface area contributed by atoms with E-state index in [1.807, 2.05) is 19.9 Å². The fraction of sp³-hybridized carbons (Fsp3) is 0.462. The first-order chi connectivity index (χ1) is 9.69. The van der Waals surface area contributed by atoms with Crippen LogP contribution < -0.4 is 10.6 Å². The Morgan fingerprint density at radius 1 is 1.38 bits per heavy atom. The molecule has 2 rings (SSSR count). The number of aryl methyl sites for hydroxylation is 2. The number of hydrogen-bond acceptors (Lipinski definition) is 4. The Hall–Kier alpha value is -1.16. The molecule has 0 radical (unpaired) electrons. The molecule has 0 saturated heterocycles. The molecule has 6 nitrogen and oxygen atoms in total. The molecule has 0 bridgehead atoms. The van der Waals surface area contributed by atoms with Gasteiger partial charge in [0, 0.05) is 17.6 Å². The molecule has 0 aliphatic rings. The summed E-state index contributed by atoms with van der Waals surface area (Å²) in [5.41, 5.74) is 2.08. The van der Waals surface area contributed by atoms with E-state index in [0.29, 0.717) is 6.54 Å². The molecule has 2 aromatic rings. The summed E-state index contributed by atoms with van der Waals surface area (Å²) in [7, 11) is 0. The maximum Gasteiger partial charge on any atom is 0.191 e. The van der Waals surface area contributed by atoms with Crippen LogP contribution >= 0.6 is 35.3 Å². The molecule has 0 spiro atoms. The summed E-state index contributed by atoms with van der Waals surface area (Å²) in [6.07, 6.45) is 1.73. The van der Waals surface area contributed by atoms with Crippen LogP contribution in [0.4, 0.5) is 0 Å². The molecule has 0 amide bonds. The van der Waals surface area contributed by atoms with Crippen molar-refractivity contribution in [3.05, 3.63) is 33.5 Å². The molecular weight excluding hydrogens is 399 g/mol. The first kappa shape index (κ1) is 17.9. The normalized spacial score (nSPS) is 11.1. The highest BCUT2D eigenvalue weighted by Gasteiger charge is 2.05. The van der Waals surface area contributed by atoms with Crippen LogP contribution in [-0.2, 0) is 13.1 Å². The number of halogens is 1. The average Bonchev–Trinajstić information content (AvgIpc) is 3.03. The summed E-state index contributed by atoms with van der Waals surface area (Å²) in [5.74, 6) is 0.799. The van der Waals surface area contributed by atoms with Crippen molar-refractivity contribution in [1.82, 2.24) is 25.8 Å². The number of thiazole rings is 1. The molecule has 116 valence electrons. The zero-order valence-electron chi connectivity index (χ0n) is 12.4. The molecule has 21 heavy (non-hydrogen) atoms. The fourth-order valence-corrected chi connectivity index (χ4v) is 2.66. The highest BCUT2D eigenvalue weighted by Crippen LogP contribution is 2.16. The third kappa shape index (κ3) is 5.62. The van der Waals surface area contributed by atoms with E-state index in [9.17, 15) is 0 Å². The SMILES string of the molecule is CCNC(=NCc1ccn[nH]1)NCc1sc(C)nc1C.I. The second kappa shape index (κ2) is 8.98. The van der Waals surface area contributed by atoms with Crippen LogP contribution in [0.5, 0.6) is 0 Å². The Bertz CT molecular complexity index is 563. The number of aliphatic imine (C=N–C) groups is 1. The lowest BCUT2D eigenvalue weighted by Crippen LogP contribution is -2.36. The van der Waals surface area contributed by atoms with E-state index in [2.05, 4.69) is 37.7 Å². The van der Waals surface area contributed by atoms with E-state index >= 15 is 0 Å². The third-order valence-corrected chi connectivity index (χ3v) is 3.80. The van der Waals surface area contributed by atoms with Crippen LogP contribution in [0.1, 0.15) is 28.2 Å². The lowest BCUT2D eigenvalue weighted by Gasteiger charge is -2.10. The van der Waals surface area contributed by atoms with Gasteiger partial charge in [0.1, 0.15) is 0 Å². The lowest BCUT2D eigenvalue weighted by molar-refractivity contribution is 0.813. The molecule has 0 unspecified atom stereocenters. The first-order valence-corrected chi connectivity index (χ1v) is 7.44. The Morgan fingerprint density at radius 2 is 2.19 bits per heavy atom. The van der Waals surface area contributed by atoms with Crippen LogP contribution in [0.2, 0.25) is 0 Å². The minimum Gasteiger partial charge on any atom is -0.357 e. The number of nitrogens with zero attached hydrogens (tertiary/aromatic N) is 3. The Kier molecular flexibility index (Phi) is 7.65. The summed E-state index contributed by atoms with van der Waals surface area (Å²) in [5, 5.41) is 14.5. The lowest BCUT2D eigenvalue weighted by atomic mass is 10.4. The second-order valence-electron chi connectivity index (χ2n) is 4.37. The van der Waals surface area contributed by atoms with Gasteiger partial charge in [-0.1, -0.05) is 0 Å². The van der Waals surface area contributed by atoms with Crippen molar-refractivity contribution in [3.8, 4) is 0 Å². The fourth-order valence-electron chi connectivity index (χ4n) is 1.78. The maximum atomic E-state index is 4.51. The van der Waals surface area contributed by atoms with Crippen LogP contribution in [0, 0.1) is 13.8 Å². The number of aromatic nitrogens is 3.